The van der Waals surface area contributed by atoms with Crippen LogP contribution in [0.2, 0.25) is 0 Å². The quantitative estimate of drug-likeness (QED) is 0.891. The second kappa shape index (κ2) is 7.04. The van der Waals surface area contributed by atoms with Crippen molar-refractivity contribution in [2.24, 2.45) is 0 Å². The molecular formula is C16H18BrN5O. The van der Waals surface area contributed by atoms with Crippen molar-refractivity contribution in [3.63, 3.8) is 0 Å². The number of aryl methyl sites for hydroxylation is 1. The van der Waals surface area contributed by atoms with E-state index in [2.05, 4.69) is 54.1 Å². The molecule has 1 N–H and O–H groups in total. The Labute approximate surface area is 143 Å². The van der Waals surface area contributed by atoms with Crippen LogP contribution in [-0.2, 0) is 0 Å². The summed E-state index contributed by atoms with van der Waals surface area (Å²) in [5, 5.41) is 3.05. The smallest absolute Gasteiger partial charge is 0.270 e. The van der Waals surface area contributed by atoms with Crippen LogP contribution in [0.25, 0.3) is 0 Å². The predicted octanol–water partition coefficient (Wildman–Crippen LogP) is 2.34. The summed E-state index contributed by atoms with van der Waals surface area (Å²) in [5.41, 5.74) is 1.57. The number of pyridine rings is 1. The van der Waals surface area contributed by atoms with E-state index < -0.39 is 0 Å². The molecule has 3 rings (SSSR count). The van der Waals surface area contributed by atoms with E-state index in [0.29, 0.717) is 5.69 Å². The van der Waals surface area contributed by atoms with Gasteiger partial charge in [-0.1, -0.05) is 0 Å². The van der Waals surface area contributed by atoms with E-state index in [1.807, 2.05) is 6.20 Å². The number of carbonyl (C=O) groups excluding carboxylic acids is 1. The summed E-state index contributed by atoms with van der Waals surface area (Å²) in [6.07, 6.45) is 6.58. The van der Waals surface area contributed by atoms with Crippen LogP contribution in [0.3, 0.4) is 0 Å². The van der Waals surface area contributed by atoms with Crippen molar-refractivity contribution in [3.05, 3.63) is 46.6 Å². The van der Waals surface area contributed by atoms with Crippen LogP contribution in [0.4, 0.5) is 5.82 Å². The van der Waals surface area contributed by atoms with Crippen LogP contribution in [0.5, 0.6) is 0 Å². The molecule has 1 amide bonds. The van der Waals surface area contributed by atoms with Crippen LogP contribution >= 0.6 is 15.9 Å². The molecule has 3 heterocycles. The molecule has 0 radical (unpaired) electrons. The lowest BCUT2D eigenvalue weighted by atomic mass is 10.0. The first-order valence-corrected chi connectivity index (χ1v) is 8.37. The number of anilines is 1. The van der Waals surface area contributed by atoms with Crippen molar-refractivity contribution in [1.29, 1.82) is 0 Å². The highest BCUT2D eigenvalue weighted by atomic mass is 79.9. The molecule has 120 valence electrons. The largest absolute Gasteiger partial charge is 0.356 e. The monoisotopic (exact) mass is 375 g/mol. The standard InChI is InChI=1S/C16H18BrN5O/c1-11-8-12(17)9-19-15(11)22-6-3-13(4-7-22)21-16(23)14-2-5-18-10-20-14/h2,5,8-10,13H,3-4,6-7H2,1H3,(H,21,23). The summed E-state index contributed by atoms with van der Waals surface area (Å²) >= 11 is 3.44. The summed E-state index contributed by atoms with van der Waals surface area (Å²) < 4.78 is 0.991. The van der Waals surface area contributed by atoms with E-state index in [4.69, 9.17) is 0 Å². The number of hydrogen-bond acceptors (Lipinski definition) is 5. The normalized spacial score (nSPS) is 15.5. The number of aromatic nitrogens is 3. The maximum atomic E-state index is 12.1. The van der Waals surface area contributed by atoms with Crippen LogP contribution in [0.1, 0.15) is 28.9 Å². The number of carbonyl (C=O) groups is 1. The van der Waals surface area contributed by atoms with Gasteiger partial charge in [-0.3, -0.25) is 4.79 Å². The maximum Gasteiger partial charge on any atom is 0.270 e. The summed E-state index contributed by atoms with van der Waals surface area (Å²) in [4.78, 5) is 26.7. The fraction of sp³-hybridized carbons (Fsp3) is 0.375. The number of rotatable bonds is 3. The Hall–Kier alpha value is -2.02. The van der Waals surface area contributed by atoms with Crippen molar-refractivity contribution in [1.82, 2.24) is 20.3 Å². The van der Waals surface area contributed by atoms with E-state index >= 15 is 0 Å². The average Bonchev–Trinajstić information content (AvgIpc) is 2.57. The Morgan fingerprint density at radius 3 is 2.78 bits per heavy atom. The molecule has 0 bridgehead atoms. The third kappa shape index (κ3) is 3.85. The number of piperidine rings is 1. The molecule has 7 heteroatoms. The Balaban J connectivity index is 1.57. The van der Waals surface area contributed by atoms with Crippen molar-refractivity contribution in [2.75, 3.05) is 18.0 Å². The Bertz CT molecular complexity index is 686. The molecule has 1 saturated heterocycles. The number of nitrogens with zero attached hydrogens (tertiary/aromatic N) is 4. The first kappa shape index (κ1) is 15.9. The fourth-order valence-corrected chi connectivity index (χ4v) is 3.23. The van der Waals surface area contributed by atoms with Crippen molar-refractivity contribution in [3.8, 4) is 0 Å². The van der Waals surface area contributed by atoms with E-state index in [9.17, 15) is 4.79 Å². The second-order valence-corrected chi connectivity index (χ2v) is 6.54. The first-order valence-electron chi connectivity index (χ1n) is 7.57. The number of amides is 1. The molecular weight excluding hydrogens is 358 g/mol. The summed E-state index contributed by atoms with van der Waals surface area (Å²) in [5.74, 6) is 0.887. The molecule has 0 saturated carbocycles. The van der Waals surface area contributed by atoms with Crippen LogP contribution in [0.15, 0.2) is 35.3 Å². The highest BCUT2D eigenvalue weighted by Crippen LogP contribution is 2.23. The molecule has 0 aromatic carbocycles. The highest BCUT2D eigenvalue weighted by Gasteiger charge is 2.23. The highest BCUT2D eigenvalue weighted by molar-refractivity contribution is 9.10. The van der Waals surface area contributed by atoms with Crippen LogP contribution in [0, 0.1) is 6.92 Å². The van der Waals surface area contributed by atoms with Gasteiger partial charge in [0, 0.05) is 36.0 Å². The Morgan fingerprint density at radius 1 is 1.35 bits per heavy atom. The summed E-state index contributed by atoms with van der Waals surface area (Å²) in [7, 11) is 0. The van der Waals surface area contributed by atoms with Gasteiger partial charge in [0.2, 0.25) is 0 Å². The summed E-state index contributed by atoms with van der Waals surface area (Å²) in [6, 6.07) is 3.87. The number of halogens is 1. The zero-order valence-electron chi connectivity index (χ0n) is 12.9. The van der Waals surface area contributed by atoms with Gasteiger partial charge >= 0.3 is 0 Å². The molecule has 0 unspecified atom stereocenters. The third-order valence-electron chi connectivity index (χ3n) is 3.96. The lowest BCUT2D eigenvalue weighted by Crippen LogP contribution is -2.45. The molecule has 6 nitrogen and oxygen atoms in total. The van der Waals surface area contributed by atoms with Gasteiger partial charge in [-0.25, -0.2) is 15.0 Å². The SMILES string of the molecule is Cc1cc(Br)cnc1N1CCC(NC(=O)c2ccncn2)CC1. The number of nitrogens with one attached hydrogen (secondary N) is 1. The lowest BCUT2D eigenvalue weighted by Gasteiger charge is -2.33. The minimum Gasteiger partial charge on any atom is -0.356 e. The molecule has 0 atom stereocenters. The number of hydrogen-bond donors (Lipinski definition) is 1. The minimum atomic E-state index is -0.135. The zero-order chi connectivity index (χ0) is 16.2. The van der Waals surface area contributed by atoms with Gasteiger partial charge in [0.15, 0.2) is 0 Å². The van der Waals surface area contributed by atoms with Crippen molar-refractivity contribution in [2.45, 2.75) is 25.8 Å². The topological polar surface area (TPSA) is 71.0 Å². The fourth-order valence-electron chi connectivity index (χ4n) is 2.78. The van der Waals surface area contributed by atoms with Gasteiger partial charge in [-0.05, 0) is 53.4 Å². The lowest BCUT2D eigenvalue weighted by molar-refractivity contribution is 0.0926. The van der Waals surface area contributed by atoms with Crippen molar-refractivity contribution < 1.29 is 4.79 Å². The molecule has 2 aromatic rings. The van der Waals surface area contributed by atoms with Gasteiger partial charge in [0.25, 0.3) is 5.91 Å². The van der Waals surface area contributed by atoms with Gasteiger partial charge in [-0.15, -0.1) is 0 Å². The van der Waals surface area contributed by atoms with E-state index in [1.54, 1.807) is 12.3 Å². The van der Waals surface area contributed by atoms with Crippen LogP contribution in [-0.4, -0.2) is 40.0 Å². The van der Waals surface area contributed by atoms with E-state index in [0.717, 1.165) is 41.8 Å². The Morgan fingerprint density at radius 2 is 2.13 bits per heavy atom. The van der Waals surface area contributed by atoms with Gasteiger partial charge in [0.05, 0.1) is 0 Å². The molecule has 23 heavy (non-hydrogen) atoms. The molecule has 1 aliphatic heterocycles. The maximum absolute atomic E-state index is 12.1. The van der Waals surface area contributed by atoms with E-state index in [-0.39, 0.29) is 11.9 Å². The predicted molar refractivity (Wildman–Crippen MR) is 91.4 cm³/mol. The van der Waals surface area contributed by atoms with Crippen molar-refractivity contribution >= 4 is 27.7 Å². The molecule has 0 spiro atoms. The molecule has 0 aliphatic carbocycles. The van der Waals surface area contributed by atoms with E-state index in [1.165, 1.54) is 6.33 Å². The van der Waals surface area contributed by atoms with Gasteiger partial charge in [0.1, 0.15) is 17.8 Å². The average molecular weight is 376 g/mol. The minimum absolute atomic E-state index is 0.135. The van der Waals surface area contributed by atoms with Crippen LogP contribution < -0.4 is 10.2 Å². The second-order valence-electron chi connectivity index (χ2n) is 5.62. The van der Waals surface area contributed by atoms with Gasteiger partial charge in [-0.2, -0.15) is 0 Å². The molecule has 1 fully saturated rings. The first-order chi connectivity index (χ1) is 11.1. The third-order valence-corrected chi connectivity index (χ3v) is 4.40. The zero-order valence-corrected chi connectivity index (χ0v) is 14.5. The van der Waals surface area contributed by atoms with Gasteiger partial charge < -0.3 is 10.2 Å². The summed E-state index contributed by atoms with van der Waals surface area (Å²) in [6.45, 7) is 3.82. The Kier molecular flexibility index (Phi) is 4.85. The molecule has 1 aliphatic rings. The molecule has 2 aromatic heterocycles.